The van der Waals surface area contributed by atoms with Crippen LogP contribution in [0, 0.1) is 11.7 Å². The first-order valence-electron chi connectivity index (χ1n) is 10.2. The Hall–Kier alpha value is -1.60. The monoisotopic (exact) mass is 407 g/mol. The molecule has 28 heavy (non-hydrogen) atoms. The van der Waals surface area contributed by atoms with E-state index >= 15 is 0 Å². The summed E-state index contributed by atoms with van der Waals surface area (Å²) in [5, 5.41) is 2.97. The van der Waals surface area contributed by atoms with Gasteiger partial charge >= 0.3 is 0 Å². The zero-order valence-electron chi connectivity index (χ0n) is 16.7. The number of hydrogen-bond acceptors (Lipinski definition) is 4. The van der Waals surface area contributed by atoms with E-state index in [4.69, 9.17) is 0 Å². The van der Waals surface area contributed by atoms with Crippen molar-refractivity contribution in [2.75, 3.05) is 31.9 Å². The van der Waals surface area contributed by atoms with E-state index in [0.29, 0.717) is 17.9 Å². The van der Waals surface area contributed by atoms with Gasteiger partial charge in [-0.15, -0.1) is 11.8 Å². The van der Waals surface area contributed by atoms with Gasteiger partial charge in [0.15, 0.2) is 0 Å². The summed E-state index contributed by atoms with van der Waals surface area (Å²) in [4.78, 5) is 30.0. The minimum atomic E-state index is -0.490. The first kappa shape index (κ1) is 21.1. The van der Waals surface area contributed by atoms with E-state index in [0.717, 1.165) is 19.6 Å². The third-order valence-corrected chi connectivity index (χ3v) is 7.03. The summed E-state index contributed by atoms with van der Waals surface area (Å²) in [5.74, 6) is 0.133. The van der Waals surface area contributed by atoms with Crippen LogP contribution < -0.4 is 5.32 Å². The molecule has 2 aliphatic rings. The van der Waals surface area contributed by atoms with E-state index in [-0.39, 0.29) is 28.9 Å². The van der Waals surface area contributed by atoms with Crippen LogP contribution in [0.2, 0.25) is 0 Å². The van der Waals surface area contributed by atoms with Gasteiger partial charge in [-0.1, -0.05) is 20.3 Å². The fourth-order valence-electron chi connectivity index (χ4n) is 3.88. The van der Waals surface area contributed by atoms with E-state index in [2.05, 4.69) is 24.1 Å². The molecule has 2 aliphatic heterocycles. The van der Waals surface area contributed by atoms with Gasteiger partial charge in [-0.3, -0.25) is 9.59 Å². The molecule has 2 amide bonds. The quantitative estimate of drug-likeness (QED) is 0.788. The summed E-state index contributed by atoms with van der Waals surface area (Å²) in [6.07, 6.45) is 3.74. The highest BCUT2D eigenvalue weighted by atomic mass is 32.2. The summed E-state index contributed by atoms with van der Waals surface area (Å²) in [5.41, 5.74) is 0.417. The predicted octanol–water partition coefficient (Wildman–Crippen LogP) is 2.97. The number of nitrogens with one attached hydrogen (secondary N) is 1. The van der Waals surface area contributed by atoms with Crippen LogP contribution in [-0.4, -0.2) is 65.0 Å². The molecular weight excluding hydrogens is 377 g/mol. The normalized spacial score (nSPS) is 23.2. The first-order chi connectivity index (χ1) is 13.5. The predicted molar refractivity (Wildman–Crippen MR) is 111 cm³/mol. The van der Waals surface area contributed by atoms with Gasteiger partial charge in [-0.05, 0) is 56.1 Å². The third kappa shape index (κ3) is 5.06. The van der Waals surface area contributed by atoms with E-state index in [9.17, 15) is 14.0 Å². The van der Waals surface area contributed by atoms with Crippen LogP contribution in [-0.2, 0) is 4.79 Å². The van der Waals surface area contributed by atoms with Crippen LogP contribution in [0.4, 0.5) is 4.39 Å². The molecule has 0 saturated carbocycles. The lowest BCUT2D eigenvalue weighted by Gasteiger charge is -2.31. The summed E-state index contributed by atoms with van der Waals surface area (Å²) in [6.45, 7) is 7.76. The molecule has 1 aromatic carbocycles. The van der Waals surface area contributed by atoms with Crippen molar-refractivity contribution in [2.24, 2.45) is 5.92 Å². The molecule has 0 bridgehead atoms. The number of piperidine rings is 1. The van der Waals surface area contributed by atoms with Gasteiger partial charge in [0, 0.05) is 24.4 Å². The number of amides is 2. The summed E-state index contributed by atoms with van der Waals surface area (Å²) in [6, 6.07) is 5.06. The molecule has 2 atom stereocenters. The largest absolute Gasteiger partial charge is 0.353 e. The Kier molecular flexibility index (Phi) is 7.35. The molecule has 1 N–H and O–H groups in total. The summed E-state index contributed by atoms with van der Waals surface area (Å²) >= 11 is 1.64. The highest BCUT2D eigenvalue weighted by Crippen LogP contribution is 2.35. The molecule has 1 aromatic rings. The maximum atomic E-state index is 13.2. The van der Waals surface area contributed by atoms with Crippen LogP contribution in [0.25, 0.3) is 0 Å². The van der Waals surface area contributed by atoms with Crippen molar-refractivity contribution in [3.05, 3.63) is 35.6 Å². The lowest BCUT2D eigenvalue weighted by atomic mass is 10.1. The minimum Gasteiger partial charge on any atom is -0.353 e. The fraction of sp³-hybridized carbons (Fsp3) is 0.619. The Morgan fingerprint density at radius 2 is 1.86 bits per heavy atom. The van der Waals surface area contributed by atoms with Crippen LogP contribution in [0.15, 0.2) is 24.3 Å². The Labute approximate surface area is 171 Å². The third-order valence-electron chi connectivity index (χ3n) is 5.41. The number of benzene rings is 1. The van der Waals surface area contributed by atoms with Gasteiger partial charge in [0.1, 0.15) is 11.9 Å². The number of nitrogens with zero attached hydrogens (tertiary/aromatic N) is 2. The molecule has 5 nitrogen and oxygen atoms in total. The Morgan fingerprint density at radius 1 is 1.18 bits per heavy atom. The van der Waals surface area contributed by atoms with Gasteiger partial charge < -0.3 is 15.1 Å². The van der Waals surface area contributed by atoms with E-state index < -0.39 is 6.04 Å². The molecule has 0 aromatic heterocycles. The molecule has 3 rings (SSSR count). The molecule has 2 fully saturated rings. The van der Waals surface area contributed by atoms with Crippen LogP contribution in [0.5, 0.6) is 0 Å². The highest BCUT2D eigenvalue weighted by Gasteiger charge is 2.42. The number of likely N-dealkylation sites (tertiary alicyclic amines) is 1. The number of carbonyl (C=O) groups is 2. The molecule has 0 aliphatic carbocycles. The van der Waals surface area contributed by atoms with E-state index in [1.165, 1.54) is 43.5 Å². The van der Waals surface area contributed by atoms with Gasteiger partial charge in [-0.25, -0.2) is 4.39 Å². The number of hydrogen-bond donors (Lipinski definition) is 1. The molecule has 2 heterocycles. The van der Waals surface area contributed by atoms with Gasteiger partial charge in [0.05, 0.1) is 5.37 Å². The van der Waals surface area contributed by atoms with Crippen molar-refractivity contribution in [2.45, 2.75) is 44.5 Å². The topological polar surface area (TPSA) is 52.7 Å². The molecule has 7 heteroatoms. The van der Waals surface area contributed by atoms with Gasteiger partial charge in [0.2, 0.25) is 5.91 Å². The molecule has 2 saturated heterocycles. The van der Waals surface area contributed by atoms with Gasteiger partial charge in [0.25, 0.3) is 5.91 Å². The molecule has 0 spiro atoms. The maximum Gasteiger partial charge on any atom is 0.255 e. The second-order valence-electron chi connectivity index (χ2n) is 7.90. The summed E-state index contributed by atoms with van der Waals surface area (Å²) in [7, 11) is 0. The SMILES string of the molecule is CC(C)[C@@H]1SC[C@H](C(=O)NCCN2CCCCC2)N1C(=O)c1ccc(F)cc1. The molecule has 154 valence electrons. The number of carbonyl (C=O) groups excluding carboxylic acids is 2. The Bertz CT molecular complexity index is 677. The van der Waals surface area contributed by atoms with E-state index in [1.807, 2.05) is 0 Å². The van der Waals surface area contributed by atoms with Crippen molar-refractivity contribution in [3.8, 4) is 0 Å². The highest BCUT2D eigenvalue weighted by molar-refractivity contribution is 8.00. The van der Waals surface area contributed by atoms with Crippen molar-refractivity contribution in [3.63, 3.8) is 0 Å². The number of rotatable bonds is 6. The summed E-state index contributed by atoms with van der Waals surface area (Å²) < 4.78 is 13.2. The number of thioether (sulfide) groups is 1. The maximum absolute atomic E-state index is 13.2. The van der Waals surface area contributed by atoms with Crippen molar-refractivity contribution < 1.29 is 14.0 Å². The van der Waals surface area contributed by atoms with Crippen LogP contribution >= 0.6 is 11.8 Å². The lowest BCUT2D eigenvalue weighted by molar-refractivity contribution is -0.125. The molecular formula is C21H30FN3O2S. The zero-order valence-corrected chi connectivity index (χ0v) is 17.5. The Morgan fingerprint density at radius 3 is 2.50 bits per heavy atom. The molecule has 0 radical (unpaired) electrons. The zero-order chi connectivity index (χ0) is 20.1. The standard InChI is InChI=1S/C21H30FN3O2S/c1-15(2)21-25(20(27)16-6-8-17(22)9-7-16)18(14-28-21)19(26)23-10-13-24-11-4-3-5-12-24/h6-9,15,18,21H,3-5,10-14H2,1-2H3,(H,23,26)/t18-,21+/m1/s1. The molecule has 0 unspecified atom stereocenters. The second kappa shape index (κ2) is 9.74. The van der Waals surface area contributed by atoms with Crippen molar-refractivity contribution in [1.29, 1.82) is 0 Å². The second-order valence-corrected chi connectivity index (χ2v) is 9.05. The van der Waals surface area contributed by atoms with Crippen molar-refractivity contribution in [1.82, 2.24) is 15.1 Å². The smallest absolute Gasteiger partial charge is 0.255 e. The van der Waals surface area contributed by atoms with Crippen LogP contribution in [0.1, 0.15) is 43.5 Å². The number of halogens is 1. The van der Waals surface area contributed by atoms with Crippen LogP contribution in [0.3, 0.4) is 0 Å². The van der Waals surface area contributed by atoms with Gasteiger partial charge in [-0.2, -0.15) is 0 Å². The average molecular weight is 408 g/mol. The fourth-order valence-corrected chi connectivity index (χ4v) is 5.36. The van der Waals surface area contributed by atoms with Crippen molar-refractivity contribution >= 4 is 23.6 Å². The van der Waals surface area contributed by atoms with E-state index in [1.54, 1.807) is 16.7 Å². The first-order valence-corrected chi connectivity index (χ1v) is 11.2. The minimum absolute atomic E-state index is 0.0598. The average Bonchev–Trinajstić information content (AvgIpc) is 3.14. The Balaban J connectivity index is 1.64. The lowest BCUT2D eigenvalue weighted by Crippen LogP contribution is -2.51.